The molecule has 0 fully saturated rings. The second-order valence-electron chi connectivity index (χ2n) is 5.86. The first-order valence-corrected chi connectivity index (χ1v) is 7.85. The van der Waals surface area contributed by atoms with Crippen LogP contribution in [0.2, 0.25) is 0 Å². The van der Waals surface area contributed by atoms with E-state index in [9.17, 15) is 0 Å². The molecule has 3 aromatic carbocycles. The Balaban J connectivity index is 1.81. The SMILES string of the molecule is Cc1ccccc1CCn1c2ccccc2c2ccccc21. The molecule has 1 heterocycles. The summed E-state index contributed by atoms with van der Waals surface area (Å²) >= 11 is 0. The zero-order valence-corrected chi connectivity index (χ0v) is 12.8. The van der Waals surface area contributed by atoms with Crippen LogP contribution in [0, 0.1) is 6.92 Å². The van der Waals surface area contributed by atoms with Gasteiger partial charge in [0.1, 0.15) is 0 Å². The van der Waals surface area contributed by atoms with Crippen LogP contribution in [-0.2, 0) is 13.0 Å². The molecule has 0 aliphatic carbocycles. The minimum absolute atomic E-state index is 1.01. The minimum Gasteiger partial charge on any atom is -0.340 e. The van der Waals surface area contributed by atoms with Crippen molar-refractivity contribution in [1.82, 2.24) is 4.57 Å². The number of hydrogen-bond donors (Lipinski definition) is 0. The van der Waals surface area contributed by atoms with E-state index in [-0.39, 0.29) is 0 Å². The van der Waals surface area contributed by atoms with Gasteiger partial charge in [-0.3, -0.25) is 0 Å². The molecule has 1 heteroatoms. The zero-order valence-electron chi connectivity index (χ0n) is 12.8. The van der Waals surface area contributed by atoms with Crippen LogP contribution < -0.4 is 0 Å². The Morgan fingerprint density at radius 3 is 1.86 bits per heavy atom. The van der Waals surface area contributed by atoms with Gasteiger partial charge in [0.05, 0.1) is 0 Å². The van der Waals surface area contributed by atoms with E-state index in [0.717, 1.165) is 13.0 Å². The lowest BCUT2D eigenvalue weighted by Gasteiger charge is -2.09. The second kappa shape index (κ2) is 5.34. The molecule has 0 amide bonds. The van der Waals surface area contributed by atoms with Crippen molar-refractivity contribution < 1.29 is 0 Å². The van der Waals surface area contributed by atoms with Crippen molar-refractivity contribution in [2.75, 3.05) is 0 Å². The summed E-state index contributed by atoms with van der Waals surface area (Å²) < 4.78 is 2.46. The van der Waals surface area contributed by atoms with Gasteiger partial charge in [-0.1, -0.05) is 60.7 Å². The van der Waals surface area contributed by atoms with Gasteiger partial charge in [-0.2, -0.15) is 0 Å². The quantitative estimate of drug-likeness (QED) is 0.478. The Bertz CT molecular complexity index is 893. The second-order valence-corrected chi connectivity index (χ2v) is 5.86. The highest BCUT2D eigenvalue weighted by Gasteiger charge is 2.09. The third-order valence-corrected chi connectivity index (χ3v) is 4.55. The molecule has 0 bridgehead atoms. The lowest BCUT2D eigenvalue weighted by Crippen LogP contribution is -2.02. The van der Waals surface area contributed by atoms with E-state index >= 15 is 0 Å². The molecule has 108 valence electrons. The van der Waals surface area contributed by atoms with Gasteiger partial charge >= 0.3 is 0 Å². The maximum atomic E-state index is 2.46. The highest BCUT2D eigenvalue weighted by molar-refractivity contribution is 6.07. The number of fused-ring (bicyclic) bond motifs is 3. The molecule has 4 rings (SSSR count). The Morgan fingerprint density at radius 2 is 1.23 bits per heavy atom. The number of benzene rings is 3. The predicted molar refractivity (Wildman–Crippen MR) is 94.3 cm³/mol. The standard InChI is InChI=1S/C21H19N/c1-16-8-2-3-9-17(16)14-15-22-20-12-6-4-10-18(20)19-11-5-7-13-21(19)22/h2-13H,14-15H2,1H3. The van der Waals surface area contributed by atoms with Gasteiger partial charge in [-0.15, -0.1) is 0 Å². The third kappa shape index (κ3) is 2.10. The number of hydrogen-bond acceptors (Lipinski definition) is 0. The summed E-state index contributed by atoms with van der Waals surface area (Å²) in [7, 11) is 0. The fourth-order valence-electron chi connectivity index (χ4n) is 3.37. The highest BCUT2D eigenvalue weighted by Crippen LogP contribution is 2.29. The van der Waals surface area contributed by atoms with Crippen LogP contribution in [0.5, 0.6) is 0 Å². The molecule has 0 atom stereocenters. The van der Waals surface area contributed by atoms with Crippen molar-refractivity contribution in [3.63, 3.8) is 0 Å². The van der Waals surface area contributed by atoms with Gasteiger partial charge in [-0.25, -0.2) is 0 Å². The normalized spacial score (nSPS) is 11.3. The largest absolute Gasteiger partial charge is 0.340 e. The number of nitrogens with zero attached hydrogens (tertiary/aromatic N) is 1. The summed E-state index contributed by atoms with van der Waals surface area (Å²) in [5.74, 6) is 0. The average Bonchev–Trinajstić information content (AvgIpc) is 2.89. The van der Waals surface area contributed by atoms with Crippen molar-refractivity contribution in [3.05, 3.63) is 83.9 Å². The van der Waals surface area contributed by atoms with Crippen LogP contribution in [0.3, 0.4) is 0 Å². The van der Waals surface area contributed by atoms with Crippen molar-refractivity contribution in [3.8, 4) is 0 Å². The molecule has 4 aromatic rings. The lowest BCUT2D eigenvalue weighted by atomic mass is 10.1. The molecule has 0 N–H and O–H groups in total. The topological polar surface area (TPSA) is 4.93 Å². The lowest BCUT2D eigenvalue weighted by molar-refractivity contribution is 0.742. The van der Waals surface area contributed by atoms with Gasteiger partial charge in [0, 0.05) is 28.4 Å². The first kappa shape index (κ1) is 13.1. The third-order valence-electron chi connectivity index (χ3n) is 4.55. The fourth-order valence-corrected chi connectivity index (χ4v) is 3.37. The summed E-state index contributed by atoms with van der Waals surface area (Å²) in [5.41, 5.74) is 5.47. The molecule has 0 saturated heterocycles. The maximum absolute atomic E-state index is 2.46. The Labute approximate surface area is 130 Å². The summed E-state index contributed by atoms with van der Waals surface area (Å²) in [4.78, 5) is 0. The smallest absolute Gasteiger partial charge is 0.0491 e. The highest BCUT2D eigenvalue weighted by atomic mass is 15.0. The summed E-state index contributed by atoms with van der Waals surface area (Å²) in [6.07, 6.45) is 1.06. The molecule has 1 nitrogen and oxygen atoms in total. The molecule has 0 aliphatic heterocycles. The van der Waals surface area contributed by atoms with Gasteiger partial charge in [0.2, 0.25) is 0 Å². The van der Waals surface area contributed by atoms with E-state index < -0.39 is 0 Å². The fraction of sp³-hybridized carbons (Fsp3) is 0.143. The first-order chi connectivity index (χ1) is 10.8. The molecular weight excluding hydrogens is 266 g/mol. The molecule has 0 spiro atoms. The first-order valence-electron chi connectivity index (χ1n) is 7.85. The van der Waals surface area contributed by atoms with Crippen LogP contribution in [0.15, 0.2) is 72.8 Å². The van der Waals surface area contributed by atoms with Crippen molar-refractivity contribution >= 4 is 21.8 Å². The number of aromatic nitrogens is 1. The number of rotatable bonds is 3. The number of aryl methyl sites for hydroxylation is 3. The summed E-state index contributed by atoms with van der Waals surface area (Å²) in [6, 6.07) is 26.1. The maximum Gasteiger partial charge on any atom is 0.0491 e. The van der Waals surface area contributed by atoms with Crippen molar-refractivity contribution in [2.24, 2.45) is 0 Å². The summed E-state index contributed by atoms with van der Waals surface area (Å²) in [6.45, 7) is 3.21. The van der Waals surface area contributed by atoms with Crippen LogP contribution in [-0.4, -0.2) is 4.57 Å². The zero-order chi connectivity index (χ0) is 14.9. The van der Waals surface area contributed by atoms with Crippen molar-refractivity contribution in [1.29, 1.82) is 0 Å². The molecule has 0 aliphatic rings. The Hall–Kier alpha value is -2.54. The van der Waals surface area contributed by atoms with Crippen LogP contribution in [0.1, 0.15) is 11.1 Å². The average molecular weight is 285 g/mol. The van der Waals surface area contributed by atoms with Crippen molar-refractivity contribution in [2.45, 2.75) is 19.9 Å². The molecule has 22 heavy (non-hydrogen) atoms. The molecular formula is C21H19N. The number of para-hydroxylation sites is 2. The van der Waals surface area contributed by atoms with E-state index in [1.807, 2.05) is 0 Å². The minimum atomic E-state index is 1.01. The van der Waals surface area contributed by atoms with E-state index in [0.29, 0.717) is 0 Å². The van der Waals surface area contributed by atoms with Gasteiger partial charge < -0.3 is 4.57 Å². The molecule has 0 saturated carbocycles. The predicted octanol–water partition coefficient (Wildman–Crippen LogP) is 5.35. The Kier molecular flexibility index (Phi) is 3.19. The van der Waals surface area contributed by atoms with Gasteiger partial charge in [-0.05, 0) is 36.6 Å². The monoisotopic (exact) mass is 285 g/mol. The van der Waals surface area contributed by atoms with Gasteiger partial charge in [0.15, 0.2) is 0 Å². The van der Waals surface area contributed by atoms with Crippen LogP contribution in [0.4, 0.5) is 0 Å². The van der Waals surface area contributed by atoms with Gasteiger partial charge in [0.25, 0.3) is 0 Å². The molecule has 0 unspecified atom stereocenters. The van der Waals surface area contributed by atoms with Crippen LogP contribution in [0.25, 0.3) is 21.8 Å². The van der Waals surface area contributed by atoms with E-state index in [4.69, 9.17) is 0 Å². The van der Waals surface area contributed by atoms with E-state index in [1.165, 1.54) is 32.9 Å². The van der Waals surface area contributed by atoms with E-state index in [2.05, 4.69) is 84.3 Å². The van der Waals surface area contributed by atoms with E-state index in [1.54, 1.807) is 0 Å². The summed E-state index contributed by atoms with van der Waals surface area (Å²) in [5, 5.41) is 2.70. The van der Waals surface area contributed by atoms with Crippen LogP contribution >= 0.6 is 0 Å². The molecule has 1 aromatic heterocycles. The Morgan fingerprint density at radius 1 is 0.682 bits per heavy atom. The molecule has 0 radical (unpaired) electrons.